The second kappa shape index (κ2) is 8.05. The Morgan fingerprint density at radius 1 is 1.29 bits per heavy atom. The first-order chi connectivity index (χ1) is 13.3. The van der Waals surface area contributed by atoms with Crippen molar-refractivity contribution in [1.82, 2.24) is 0 Å². The fourth-order valence-corrected chi connectivity index (χ4v) is 4.07. The zero-order valence-corrected chi connectivity index (χ0v) is 16.5. The Kier molecular flexibility index (Phi) is 5.73. The number of thiophene rings is 1. The number of nitro benzene ring substituents is 1. The predicted octanol–water partition coefficient (Wildman–Crippen LogP) is 5.20. The summed E-state index contributed by atoms with van der Waals surface area (Å²) in [6.07, 6.45) is 0. The van der Waals surface area contributed by atoms with E-state index in [0.717, 1.165) is 34.2 Å². The summed E-state index contributed by atoms with van der Waals surface area (Å²) in [6.45, 7) is 0. The molecule has 1 aromatic heterocycles. The Hall–Kier alpha value is -2.82. The normalized spacial score (nSPS) is 10.5. The van der Waals surface area contributed by atoms with Crippen LogP contribution in [0.5, 0.6) is 0 Å². The number of ether oxygens (including phenoxy) is 1. The van der Waals surface area contributed by atoms with E-state index in [9.17, 15) is 19.3 Å². The Balaban J connectivity index is 1.81. The van der Waals surface area contributed by atoms with Crippen LogP contribution in [0.3, 0.4) is 0 Å². The van der Waals surface area contributed by atoms with Gasteiger partial charge in [0.1, 0.15) is 10.7 Å². The van der Waals surface area contributed by atoms with E-state index < -0.39 is 16.7 Å². The van der Waals surface area contributed by atoms with Gasteiger partial charge < -0.3 is 15.4 Å². The Morgan fingerprint density at radius 3 is 2.71 bits per heavy atom. The molecule has 2 aromatic carbocycles. The fourth-order valence-electron chi connectivity index (χ4n) is 2.37. The monoisotopic (exact) mass is 439 g/mol. The molecule has 0 bridgehead atoms. The van der Waals surface area contributed by atoms with Gasteiger partial charge in [-0.3, -0.25) is 10.1 Å². The van der Waals surface area contributed by atoms with E-state index in [1.807, 2.05) is 0 Å². The lowest BCUT2D eigenvalue weighted by atomic mass is 10.2. The lowest BCUT2D eigenvalue weighted by molar-refractivity contribution is -0.384. The average molecular weight is 440 g/mol. The molecular formula is C17H11ClFN3O4S2. The molecule has 0 spiro atoms. The zero-order chi connectivity index (χ0) is 20.4. The van der Waals surface area contributed by atoms with Gasteiger partial charge in [0, 0.05) is 27.9 Å². The molecule has 3 aromatic rings. The maximum atomic E-state index is 13.9. The number of anilines is 2. The summed E-state index contributed by atoms with van der Waals surface area (Å²) in [4.78, 5) is 22.2. The van der Waals surface area contributed by atoms with Crippen molar-refractivity contribution in [1.29, 1.82) is 0 Å². The molecule has 3 rings (SSSR count). The molecule has 0 atom stereocenters. The molecule has 0 unspecified atom stereocenters. The predicted molar refractivity (Wildman–Crippen MR) is 111 cm³/mol. The van der Waals surface area contributed by atoms with Gasteiger partial charge in [-0.25, -0.2) is 9.18 Å². The van der Waals surface area contributed by atoms with Crippen molar-refractivity contribution in [3.8, 4) is 0 Å². The number of non-ortho nitro benzene ring substituents is 1. The van der Waals surface area contributed by atoms with Crippen molar-refractivity contribution in [3.63, 3.8) is 0 Å². The number of hydrogen-bond acceptors (Lipinski definition) is 6. The molecule has 0 saturated carbocycles. The van der Waals surface area contributed by atoms with E-state index in [2.05, 4.69) is 10.6 Å². The van der Waals surface area contributed by atoms with E-state index in [1.54, 1.807) is 18.2 Å². The van der Waals surface area contributed by atoms with Crippen molar-refractivity contribution < 1.29 is 18.8 Å². The first-order valence-electron chi connectivity index (χ1n) is 7.62. The molecule has 7 nitrogen and oxygen atoms in total. The van der Waals surface area contributed by atoms with Crippen molar-refractivity contribution in [2.45, 2.75) is 0 Å². The van der Waals surface area contributed by atoms with Gasteiger partial charge in [-0.05, 0) is 36.5 Å². The maximum Gasteiger partial charge on any atom is 0.349 e. The first-order valence-corrected chi connectivity index (χ1v) is 9.22. The van der Waals surface area contributed by atoms with Crippen LogP contribution in [0.25, 0.3) is 10.1 Å². The number of esters is 1. The van der Waals surface area contributed by atoms with Crippen LogP contribution in [0.2, 0.25) is 5.02 Å². The summed E-state index contributed by atoms with van der Waals surface area (Å²) in [6, 6.07) is 8.20. The van der Waals surface area contributed by atoms with Gasteiger partial charge in [-0.15, -0.1) is 11.3 Å². The first kappa shape index (κ1) is 19.9. The minimum atomic E-state index is -0.682. The van der Waals surface area contributed by atoms with Crippen LogP contribution in [-0.2, 0) is 4.74 Å². The summed E-state index contributed by atoms with van der Waals surface area (Å²) in [5, 5.41) is 17.3. The maximum absolute atomic E-state index is 13.9. The molecule has 11 heteroatoms. The molecule has 0 aliphatic heterocycles. The van der Waals surface area contributed by atoms with Crippen LogP contribution in [-0.4, -0.2) is 23.1 Å². The fraction of sp³-hybridized carbons (Fsp3) is 0.0588. The van der Waals surface area contributed by atoms with Crippen molar-refractivity contribution in [2.24, 2.45) is 0 Å². The van der Waals surface area contributed by atoms with E-state index in [-0.39, 0.29) is 21.4 Å². The SMILES string of the molecule is COC(=O)c1sc2cc(NC(=S)Nc3cc([N+](=O)[O-])ccc3F)ccc2c1Cl. The summed E-state index contributed by atoms with van der Waals surface area (Å²) < 4.78 is 19.3. The molecule has 0 aliphatic rings. The lowest BCUT2D eigenvalue weighted by Crippen LogP contribution is -2.19. The van der Waals surface area contributed by atoms with Crippen molar-refractivity contribution in [3.05, 3.63) is 62.2 Å². The van der Waals surface area contributed by atoms with E-state index in [0.29, 0.717) is 16.1 Å². The minimum absolute atomic E-state index is 0.0367. The molecule has 0 aliphatic carbocycles. The van der Waals surface area contributed by atoms with Gasteiger partial charge in [-0.2, -0.15) is 0 Å². The number of nitro groups is 1. The largest absolute Gasteiger partial charge is 0.465 e. The van der Waals surface area contributed by atoms with Crippen LogP contribution in [0.1, 0.15) is 9.67 Å². The number of fused-ring (bicyclic) bond motifs is 1. The minimum Gasteiger partial charge on any atom is -0.465 e. The van der Waals surface area contributed by atoms with Crippen LogP contribution < -0.4 is 10.6 Å². The van der Waals surface area contributed by atoms with Crippen LogP contribution in [0.15, 0.2) is 36.4 Å². The number of benzene rings is 2. The topological polar surface area (TPSA) is 93.5 Å². The molecule has 1 heterocycles. The summed E-state index contributed by atoms with van der Waals surface area (Å²) in [7, 11) is 1.27. The highest BCUT2D eigenvalue weighted by Crippen LogP contribution is 2.37. The Labute approximate surface area is 172 Å². The van der Waals surface area contributed by atoms with Gasteiger partial charge in [0.2, 0.25) is 0 Å². The number of thiocarbonyl (C=S) groups is 1. The van der Waals surface area contributed by atoms with Gasteiger partial charge in [-0.1, -0.05) is 11.6 Å². The zero-order valence-electron chi connectivity index (χ0n) is 14.1. The highest BCUT2D eigenvalue weighted by molar-refractivity contribution is 7.80. The van der Waals surface area contributed by atoms with Gasteiger partial charge in [0.05, 0.1) is 22.7 Å². The van der Waals surface area contributed by atoms with Crippen LogP contribution in [0.4, 0.5) is 21.5 Å². The third kappa shape index (κ3) is 4.03. The highest BCUT2D eigenvalue weighted by Gasteiger charge is 2.18. The molecule has 0 fully saturated rings. The second-order valence-electron chi connectivity index (χ2n) is 5.45. The third-order valence-corrected chi connectivity index (χ3v) is 5.51. The number of halogens is 2. The number of nitrogens with one attached hydrogen (secondary N) is 2. The number of carbonyl (C=O) groups excluding carboxylic acids is 1. The molecule has 144 valence electrons. The summed E-state index contributed by atoms with van der Waals surface area (Å²) >= 11 is 12.5. The number of methoxy groups -OCH3 is 1. The number of carbonyl (C=O) groups is 1. The molecule has 2 N–H and O–H groups in total. The molecular weight excluding hydrogens is 429 g/mol. The number of hydrogen-bond donors (Lipinski definition) is 2. The Bertz CT molecular complexity index is 1120. The van der Waals surface area contributed by atoms with Crippen LogP contribution >= 0.6 is 35.2 Å². The average Bonchev–Trinajstić information content (AvgIpc) is 2.98. The Morgan fingerprint density at radius 2 is 2.04 bits per heavy atom. The van der Waals surface area contributed by atoms with E-state index >= 15 is 0 Å². The second-order valence-corrected chi connectivity index (χ2v) is 7.29. The molecule has 28 heavy (non-hydrogen) atoms. The van der Waals surface area contributed by atoms with Gasteiger partial charge in [0.15, 0.2) is 5.11 Å². The standard InChI is InChI=1S/C17H11ClFN3O4S2/c1-26-16(23)15-14(18)10-4-2-8(6-13(10)28-15)20-17(27)21-12-7-9(22(24)25)3-5-11(12)19/h2-7H,1H3,(H2,20,21,27). The molecule has 0 radical (unpaired) electrons. The highest BCUT2D eigenvalue weighted by atomic mass is 35.5. The molecule has 0 amide bonds. The number of rotatable bonds is 4. The van der Waals surface area contributed by atoms with E-state index in [4.69, 9.17) is 28.6 Å². The van der Waals surface area contributed by atoms with Crippen LogP contribution in [0, 0.1) is 15.9 Å². The lowest BCUT2D eigenvalue weighted by Gasteiger charge is -2.11. The summed E-state index contributed by atoms with van der Waals surface area (Å²) in [5.41, 5.74) is 0.168. The quantitative estimate of drug-likeness (QED) is 0.250. The van der Waals surface area contributed by atoms with Crippen molar-refractivity contribution >= 4 is 73.4 Å². The smallest absolute Gasteiger partial charge is 0.349 e. The summed E-state index contributed by atoms with van der Waals surface area (Å²) in [5.74, 6) is -1.21. The third-order valence-electron chi connectivity index (χ3n) is 3.67. The van der Waals surface area contributed by atoms with Crippen molar-refractivity contribution in [2.75, 3.05) is 17.7 Å². The van der Waals surface area contributed by atoms with Gasteiger partial charge in [0.25, 0.3) is 5.69 Å². The number of nitrogens with zero attached hydrogens (tertiary/aromatic N) is 1. The molecule has 0 saturated heterocycles. The van der Waals surface area contributed by atoms with E-state index in [1.165, 1.54) is 7.11 Å². The van der Waals surface area contributed by atoms with Gasteiger partial charge >= 0.3 is 5.97 Å².